The lowest BCUT2D eigenvalue weighted by Crippen LogP contribution is -2.25. The largest absolute Gasteiger partial charge is 0.304 e. The van der Waals surface area contributed by atoms with Crippen LogP contribution in [-0.4, -0.2) is 22.5 Å². The second-order valence-corrected chi connectivity index (χ2v) is 10.2. The zero-order valence-corrected chi connectivity index (χ0v) is 19.3. The second kappa shape index (κ2) is 7.71. The Hall–Kier alpha value is -2.81. The van der Waals surface area contributed by atoms with Crippen molar-refractivity contribution in [2.45, 2.75) is 38.4 Å². The van der Waals surface area contributed by atoms with E-state index in [0.29, 0.717) is 23.2 Å². The van der Waals surface area contributed by atoms with Gasteiger partial charge in [-0.15, -0.1) is 11.3 Å². The molecule has 8 heteroatoms. The average molecular weight is 455 g/mol. The van der Waals surface area contributed by atoms with Crippen molar-refractivity contribution in [3.63, 3.8) is 0 Å². The summed E-state index contributed by atoms with van der Waals surface area (Å²) in [5.41, 5.74) is 6.28. The molecule has 0 aliphatic rings. The van der Waals surface area contributed by atoms with E-state index in [-0.39, 0.29) is 9.77 Å². The Bertz CT molecular complexity index is 1480. The third-order valence-corrected chi connectivity index (χ3v) is 7.89. The number of aromatic nitrogens is 2. The van der Waals surface area contributed by atoms with Crippen LogP contribution in [0.25, 0.3) is 22.0 Å². The number of rotatable bonds is 4. The van der Waals surface area contributed by atoms with Crippen molar-refractivity contribution >= 4 is 32.4 Å². The summed E-state index contributed by atoms with van der Waals surface area (Å²) < 4.78 is 34.3. The van der Waals surface area contributed by atoms with E-state index in [2.05, 4.69) is 4.98 Å². The highest BCUT2D eigenvalue weighted by Crippen LogP contribution is 2.32. The summed E-state index contributed by atoms with van der Waals surface area (Å²) in [7, 11) is -4.28. The minimum absolute atomic E-state index is 0.0365. The summed E-state index contributed by atoms with van der Waals surface area (Å²) in [6, 6.07) is 11.0. The molecule has 0 aliphatic carbocycles. The molecule has 0 atom stereocenters. The molecule has 0 saturated carbocycles. The van der Waals surface area contributed by atoms with Gasteiger partial charge in [0, 0.05) is 27.9 Å². The summed E-state index contributed by atoms with van der Waals surface area (Å²) in [5, 5.41) is 2.63. The number of hydrogen-bond acceptors (Lipinski definition) is 5. The van der Waals surface area contributed by atoms with Gasteiger partial charge in [0.1, 0.15) is 0 Å². The zero-order valence-electron chi connectivity index (χ0n) is 17.6. The molecule has 4 rings (SSSR count). The Balaban J connectivity index is 1.80. The molecule has 0 aliphatic heterocycles. The molecule has 0 amide bonds. The SMILES string of the molecule is Cc1cc2c(c(C)n1)c(C)c(C)c(=O)n2Cc1ccc(-c2ccsc2S(=O)(=O)O)cc1. The fraction of sp³-hybridized carbons (Fsp3) is 0.217. The maximum absolute atomic E-state index is 13.1. The number of pyridine rings is 2. The van der Waals surface area contributed by atoms with Crippen molar-refractivity contribution in [1.29, 1.82) is 0 Å². The molecule has 6 nitrogen and oxygen atoms in total. The van der Waals surface area contributed by atoms with E-state index in [0.717, 1.165) is 44.8 Å². The Kier molecular flexibility index (Phi) is 5.33. The van der Waals surface area contributed by atoms with Gasteiger partial charge in [-0.05, 0) is 61.9 Å². The van der Waals surface area contributed by atoms with Crippen LogP contribution in [0, 0.1) is 27.7 Å². The number of fused-ring (bicyclic) bond motifs is 1. The van der Waals surface area contributed by atoms with Crippen LogP contribution >= 0.6 is 11.3 Å². The Morgan fingerprint density at radius 2 is 1.71 bits per heavy atom. The molecule has 0 saturated heterocycles. The molecule has 1 aromatic carbocycles. The van der Waals surface area contributed by atoms with Gasteiger partial charge in [0.15, 0.2) is 4.21 Å². The molecule has 0 bridgehead atoms. The lowest BCUT2D eigenvalue weighted by Gasteiger charge is -2.17. The van der Waals surface area contributed by atoms with Crippen molar-refractivity contribution in [2.75, 3.05) is 0 Å². The minimum atomic E-state index is -4.28. The van der Waals surface area contributed by atoms with Crippen molar-refractivity contribution in [3.05, 3.63) is 80.2 Å². The second-order valence-electron chi connectivity index (χ2n) is 7.68. The van der Waals surface area contributed by atoms with Crippen LogP contribution in [0.3, 0.4) is 0 Å². The zero-order chi connectivity index (χ0) is 22.5. The molecule has 0 radical (unpaired) electrons. The standard InChI is InChI=1S/C23H22N2O4S2/c1-13-11-20-21(16(4)24-13)14(2)15(3)22(26)25(20)12-17-5-7-18(8-6-17)19-9-10-30-23(19)31(27,28)29/h5-11H,12H2,1-4H3,(H,27,28,29). The first-order valence-corrected chi connectivity index (χ1v) is 12.0. The quantitative estimate of drug-likeness (QED) is 0.453. The summed E-state index contributed by atoms with van der Waals surface area (Å²) in [6.07, 6.45) is 0. The first-order chi connectivity index (χ1) is 14.6. The van der Waals surface area contributed by atoms with E-state index in [1.165, 1.54) is 0 Å². The van der Waals surface area contributed by atoms with E-state index < -0.39 is 10.1 Å². The van der Waals surface area contributed by atoms with Crippen molar-refractivity contribution in [2.24, 2.45) is 0 Å². The number of thiophene rings is 1. The number of hydrogen-bond donors (Lipinski definition) is 1. The summed E-state index contributed by atoms with van der Waals surface area (Å²) >= 11 is 0.978. The van der Waals surface area contributed by atoms with Crippen LogP contribution in [0.2, 0.25) is 0 Å². The fourth-order valence-electron chi connectivity index (χ4n) is 3.98. The highest BCUT2D eigenvalue weighted by atomic mass is 32.3. The molecule has 4 aromatic rings. The lowest BCUT2D eigenvalue weighted by molar-refractivity contribution is 0.486. The smallest absolute Gasteiger partial charge is 0.303 e. The molecule has 0 spiro atoms. The van der Waals surface area contributed by atoms with Gasteiger partial charge < -0.3 is 4.57 Å². The van der Waals surface area contributed by atoms with Crippen LogP contribution in [-0.2, 0) is 16.7 Å². The molecule has 1 N–H and O–H groups in total. The van der Waals surface area contributed by atoms with Gasteiger partial charge in [-0.2, -0.15) is 8.42 Å². The number of nitrogens with zero attached hydrogens (tertiary/aromatic N) is 2. The molecular formula is C23H22N2O4S2. The van der Waals surface area contributed by atoms with Crippen molar-refractivity contribution in [3.8, 4) is 11.1 Å². The van der Waals surface area contributed by atoms with Crippen LogP contribution < -0.4 is 5.56 Å². The average Bonchev–Trinajstić information content (AvgIpc) is 3.20. The monoisotopic (exact) mass is 454 g/mol. The van der Waals surface area contributed by atoms with Crippen LogP contribution in [0.1, 0.15) is 28.1 Å². The molecule has 160 valence electrons. The Morgan fingerprint density at radius 3 is 2.35 bits per heavy atom. The maximum Gasteiger partial charge on any atom is 0.304 e. The van der Waals surface area contributed by atoms with Gasteiger partial charge in [0.2, 0.25) is 0 Å². The molecule has 3 aromatic heterocycles. The van der Waals surface area contributed by atoms with Gasteiger partial charge in [-0.1, -0.05) is 24.3 Å². The first kappa shape index (κ1) is 21.4. The van der Waals surface area contributed by atoms with Crippen molar-refractivity contribution in [1.82, 2.24) is 9.55 Å². The van der Waals surface area contributed by atoms with Gasteiger partial charge in [-0.25, -0.2) is 0 Å². The van der Waals surface area contributed by atoms with Gasteiger partial charge >= 0.3 is 10.1 Å². The topological polar surface area (TPSA) is 89.3 Å². The van der Waals surface area contributed by atoms with E-state index in [4.69, 9.17) is 0 Å². The van der Waals surface area contributed by atoms with E-state index >= 15 is 0 Å². The highest BCUT2D eigenvalue weighted by Gasteiger charge is 2.19. The molecule has 31 heavy (non-hydrogen) atoms. The van der Waals surface area contributed by atoms with Crippen LogP contribution in [0.5, 0.6) is 0 Å². The van der Waals surface area contributed by atoms with E-state index in [9.17, 15) is 17.8 Å². The number of aryl methyl sites for hydroxylation is 3. The van der Waals surface area contributed by atoms with Crippen LogP contribution in [0.4, 0.5) is 0 Å². The normalized spacial score (nSPS) is 11.9. The van der Waals surface area contributed by atoms with Crippen LogP contribution in [0.15, 0.2) is 50.8 Å². The molecular weight excluding hydrogens is 432 g/mol. The van der Waals surface area contributed by atoms with Gasteiger partial charge in [0.25, 0.3) is 5.56 Å². The Morgan fingerprint density at radius 1 is 1.03 bits per heavy atom. The van der Waals surface area contributed by atoms with Gasteiger partial charge in [-0.3, -0.25) is 14.3 Å². The first-order valence-electron chi connectivity index (χ1n) is 9.70. The molecule has 0 unspecified atom stereocenters. The molecule has 3 heterocycles. The third-order valence-electron chi connectivity index (χ3n) is 5.57. The van der Waals surface area contributed by atoms with Crippen molar-refractivity contribution < 1.29 is 13.0 Å². The van der Waals surface area contributed by atoms with E-state index in [1.54, 1.807) is 28.1 Å². The predicted octanol–water partition coefficient (Wildman–Crippen LogP) is 4.65. The maximum atomic E-state index is 13.1. The predicted molar refractivity (Wildman–Crippen MR) is 124 cm³/mol. The fourth-order valence-corrected chi connectivity index (χ4v) is 5.74. The lowest BCUT2D eigenvalue weighted by atomic mass is 10.0. The van der Waals surface area contributed by atoms with Gasteiger partial charge in [0.05, 0.1) is 12.1 Å². The number of benzene rings is 1. The molecule has 0 fully saturated rings. The minimum Gasteiger partial charge on any atom is -0.303 e. The summed E-state index contributed by atoms with van der Waals surface area (Å²) in [4.78, 5) is 17.7. The Labute approximate surface area is 184 Å². The summed E-state index contributed by atoms with van der Waals surface area (Å²) in [5.74, 6) is 0. The third kappa shape index (κ3) is 3.82. The summed E-state index contributed by atoms with van der Waals surface area (Å²) in [6.45, 7) is 8.05. The highest BCUT2D eigenvalue weighted by molar-refractivity contribution is 7.88. The van der Waals surface area contributed by atoms with E-state index in [1.807, 2.05) is 45.9 Å².